The second kappa shape index (κ2) is 5.48. The van der Waals surface area contributed by atoms with Gasteiger partial charge in [0, 0.05) is 13.6 Å². The highest BCUT2D eigenvalue weighted by atomic mass is 16.2. The van der Waals surface area contributed by atoms with E-state index < -0.39 is 0 Å². The summed E-state index contributed by atoms with van der Waals surface area (Å²) in [5.41, 5.74) is -0.257. The first kappa shape index (κ1) is 13.0. The summed E-state index contributed by atoms with van der Waals surface area (Å²) in [6.07, 6.45) is 4.52. The van der Waals surface area contributed by atoms with Crippen molar-refractivity contribution in [3.8, 4) is 0 Å². The quantitative estimate of drug-likeness (QED) is 0.802. The Morgan fingerprint density at radius 3 is 3.06 bits per heavy atom. The van der Waals surface area contributed by atoms with E-state index in [2.05, 4.69) is 27.6 Å². The van der Waals surface area contributed by atoms with Crippen LogP contribution in [0.2, 0.25) is 0 Å². The minimum Gasteiger partial charge on any atom is -0.348 e. The molecule has 1 aliphatic rings. The van der Waals surface area contributed by atoms with Crippen LogP contribution in [0, 0.1) is 5.41 Å². The van der Waals surface area contributed by atoms with Gasteiger partial charge in [0.1, 0.15) is 6.33 Å². The topological polar surface area (TPSA) is 71.8 Å². The highest BCUT2D eigenvalue weighted by Crippen LogP contribution is 2.30. The van der Waals surface area contributed by atoms with Crippen molar-refractivity contribution in [1.29, 1.82) is 0 Å². The molecule has 1 saturated heterocycles. The molecule has 1 fully saturated rings. The maximum Gasteiger partial charge on any atom is 0.227 e. The van der Waals surface area contributed by atoms with E-state index in [9.17, 15) is 4.79 Å². The van der Waals surface area contributed by atoms with Crippen LogP contribution in [-0.4, -0.2) is 33.8 Å². The summed E-state index contributed by atoms with van der Waals surface area (Å²) in [6, 6.07) is 0. The van der Waals surface area contributed by atoms with Gasteiger partial charge < -0.3 is 10.6 Å². The predicted octanol–water partition coefficient (Wildman–Crippen LogP) is 0.211. The molecule has 0 saturated carbocycles. The largest absolute Gasteiger partial charge is 0.348 e. The Bertz CT molecular complexity index is 408. The maximum atomic E-state index is 12.3. The molecule has 1 aromatic heterocycles. The van der Waals surface area contributed by atoms with Gasteiger partial charge >= 0.3 is 0 Å². The van der Waals surface area contributed by atoms with Gasteiger partial charge in [0.05, 0.1) is 12.0 Å². The van der Waals surface area contributed by atoms with Crippen LogP contribution in [0.1, 0.15) is 32.0 Å². The summed E-state index contributed by atoms with van der Waals surface area (Å²) in [4.78, 5) is 16.4. The summed E-state index contributed by atoms with van der Waals surface area (Å²) in [7, 11) is 1.82. The minimum atomic E-state index is -0.257. The lowest BCUT2D eigenvalue weighted by atomic mass is 9.77. The Balaban J connectivity index is 1.93. The highest BCUT2D eigenvalue weighted by molar-refractivity contribution is 5.82. The molecule has 0 aromatic carbocycles. The summed E-state index contributed by atoms with van der Waals surface area (Å²) in [6.45, 7) is 4.26. The number of piperidine rings is 1. The molecule has 1 atom stereocenters. The number of carbonyl (C=O) groups excluding carboxylic acids is 1. The summed E-state index contributed by atoms with van der Waals surface area (Å²) < 4.78 is 1.64. The van der Waals surface area contributed by atoms with Crippen molar-refractivity contribution in [1.82, 2.24) is 25.4 Å². The van der Waals surface area contributed by atoms with Gasteiger partial charge in [-0.25, -0.2) is 4.98 Å². The van der Waals surface area contributed by atoms with Gasteiger partial charge in [0.25, 0.3) is 0 Å². The van der Waals surface area contributed by atoms with E-state index in [-0.39, 0.29) is 11.3 Å². The summed E-state index contributed by atoms with van der Waals surface area (Å²) >= 11 is 0. The standard InChI is InChI=1S/C12H21N5O/c1-3-12(5-4-6-13-8-12)11(18)14-7-10-15-9-17(2)16-10/h9,13H,3-8H2,1-2H3,(H,14,18). The third-order valence-electron chi connectivity index (χ3n) is 3.68. The molecule has 6 nitrogen and oxygen atoms in total. The van der Waals surface area contributed by atoms with Gasteiger partial charge in [-0.05, 0) is 25.8 Å². The molecule has 0 radical (unpaired) electrons. The first-order valence-electron chi connectivity index (χ1n) is 6.50. The molecule has 6 heteroatoms. The normalized spacial score (nSPS) is 23.9. The number of carbonyl (C=O) groups is 1. The van der Waals surface area contributed by atoms with E-state index in [4.69, 9.17) is 0 Å². The zero-order valence-electron chi connectivity index (χ0n) is 11.1. The maximum absolute atomic E-state index is 12.3. The van der Waals surface area contributed by atoms with E-state index in [1.54, 1.807) is 11.0 Å². The van der Waals surface area contributed by atoms with Crippen molar-refractivity contribution < 1.29 is 4.79 Å². The van der Waals surface area contributed by atoms with E-state index in [0.717, 1.165) is 32.4 Å². The predicted molar refractivity (Wildman–Crippen MR) is 67.7 cm³/mol. The van der Waals surface area contributed by atoms with Crippen LogP contribution in [-0.2, 0) is 18.4 Å². The van der Waals surface area contributed by atoms with Gasteiger partial charge in [-0.15, -0.1) is 0 Å². The molecule has 2 rings (SSSR count). The Morgan fingerprint density at radius 1 is 1.67 bits per heavy atom. The van der Waals surface area contributed by atoms with Crippen LogP contribution in [0.25, 0.3) is 0 Å². The van der Waals surface area contributed by atoms with E-state index in [1.165, 1.54) is 0 Å². The van der Waals surface area contributed by atoms with Crippen molar-refractivity contribution in [2.75, 3.05) is 13.1 Å². The van der Waals surface area contributed by atoms with Crippen molar-refractivity contribution >= 4 is 5.91 Å². The molecule has 1 aromatic rings. The number of amides is 1. The second-order valence-electron chi connectivity index (χ2n) is 4.93. The van der Waals surface area contributed by atoms with Crippen LogP contribution >= 0.6 is 0 Å². The van der Waals surface area contributed by atoms with Gasteiger partial charge in [-0.3, -0.25) is 9.48 Å². The number of rotatable bonds is 4. The smallest absolute Gasteiger partial charge is 0.227 e. The Kier molecular flexibility index (Phi) is 3.96. The SMILES string of the molecule is CCC1(C(=O)NCc2ncn(C)n2)CCCNC1. The average Bonchev–Trinajstić information content (AvgIpc) is 2.82. The molecule has 0 spiro atoms. The number of aromatic nitrogens is 3. The third kappa shape index (κ3) is 2.69. The monoisotopic (exact) mass is 251 g/mol. The fourth-order valence-corrected chi connectivity index (χ4v) is 2.44. The second-order valence-corrected chi connectivity index (χ2v) is 4.93. The Labute approximate surface area is 107 Å². The molecule has 1 amide bonds. The molecule has 18 heavy (non-hydrogen) atoms. The number of nitrogens with one attached hydrogen (secondary N) is 2. The molecular formula is C12H21N5O. The molecule has 2 N–H and O–H groups in total. The first-order chi connectivity index (χ1) is 8.66. The lowest BCUT2D eigenvalue weighted by Crippen LogP contribution is -2.50. The van der Waals surface area contributed by atoms with E-state index in [1.807, 2.05) is 7.05 Å². The fraction of sp³-hybridized carbons (Fsp3) is 0.750. The van der Waals surface area contributed by atoms with Crippen LogP contribution in [0.15, 0.2) is 6.33 Å². The molecule has 0 bridgehead atoms. The zero-order chi connectivity index (χ0) is 13.0. The van der Waals surface area contributed by atoms with Crippen LogP contribution < -0.4 is 10.6 Å². The van der Waals surface area contributed by atoms with Crippen molar-refractivity contribution in [3.05, 3.63) is 12.2 Å². The number of nitrogens with zero attached hydrogens (tertiary/aromatic N) is 3. The third-order valence-corrected chi connectivity index (χ3v) is 3.68. The molecule has 1 aliphatic heterocycles. The van der Waals surface area contributed by atoms with Gasteiger partial charge in [0.2, 0.25) is 5.91 Å². The van der Waals surface area contributed by atoms with Gasteiger partial charge in [-0.1, -0.05) is 6.92 Å². The molecule has 2 heterocycles. The van der Waals surface area contributed by atoms with Crippen LogP contribution in [0.5, 0.6) is 0 Å². The Morgan fingerprint density at radius 2 is 2.50 bits per heavy atom. The van der Waals surface area contributed by atoms with Gasteiger partial charge in [0.15, 0.2) is 5.82 Å². The average molecular weight is 251 g/mol. The fourth-order valence-electron chi connectivity index (χ4n) is 2.44. The lowest BCUT2D eigenvalue weighted by molar-refractivity contribution is -0.132. The van der Waals surface area contributed by atoms with Crippen molar-refractivity contribution in [2.24, 2.45) is 12.5 Å². The molecule has 1 unspecified atom stereocenters. The molecular weight excluding hydrogens is 230 g/mol. The van der Waals surface area contributed by atoms with Crippen LogP contribution in [0.4, 0.5) is 0 Å². The van der Waals surface area contributed by atoms with Crippen LogP contribution in [0.3, 0.4) is 0 Å². The minimum absolute atomic E-state index is 0.115. The number of aryl methyl sites for hydroxylation is 1. The summed E-state index contributed by atoms with van der Waals surface area (Å²) in [5.74, 6) is 0.769. The molecule has 100 valence electrons. The van der Waals surface area contributed by atoms with Crippen molar-refractivity contribution in [3.63, 3.8) is 0 Å². The zero-order valence-corrected chi connectivity index (χ0v) is 11.1. The first-order valence-corrected chi connectivity index (χ1v) is 6.50. The van der Waals surface area contributed by atoms with E-state index >= 15 is 0 Å². The Hall–Kier alpha value is -1.43. The van der Waals surface area contributed by atoms with Gasteiger partial charge in [-0.2, -0.15) is 5.10 Å². The lowest BCUT2D eigenvalue weighted by Gasteiger charge is -2.35. The number of hydrogen-bond acceptors (Lipinski definition) is 4. The van der Waals surface area contributed by atoms with Crippen molar-refractivity contribution in [2.45, 2.75) is 32.7 Å². The van der Waals surface area contributed by atoms with E-state index in [0.29, 0.717) is 12.4 Å². The highest BCUT2D eigenvalue weighted by Gasteiger charge is 2.37. The number of hydrogen-bond donors (Lipinski definition) is 2. The molecule has 0 aliphatic carbocycles. The summed E-state index contributed by atoms with van der Waals surface area (Å²) in [5, 5.41) is 10.4.